The standard InChI is InChI=1S/C19H18ClFN2O2/c1-12-10-14(20)6-7-17(12)23-9-8-15(19(23)25)18(24)22-11-13-4-2-3-5-16(13)21/h2-7,10,15H,8-9,11H2,1H3,(H,22,24)/t15-/m0/s1. The van der Waals surface area contributed by atoms with Gasteiger partial charge in [0, 0.05) is 29.4 Å². The van der Waals surface area contributed by atoms with Crippen molar-refractivity contribution < 1.29 is 14.0 Å². The van der Waals surface area contributed by atoms with E-state index in [0.29, 0.717) is 23.6 Å². The van der Waals surface area contributed by atoms with Crippen LogP contribution in [0.4, 0.5) is 10.1 Å². The fraction of sp³-hybridized carbons (Fsp3) is 0.263. The van der Waals surface area contributed by atoms with E-state index in [9.17, 15) is 14.0 Å². The van der Waals surface area contributed by atoms with Crippen molar-refractivity contribution in [1.29, 1.82) is 0 Å². The number of carbonyl (C=O) groups excluding carboxylic acids is 2. The number of carbonyl (C=O) groups is 2. The summed E-state index contributed by atoms with van der Waals surface area (Å²) in [5.74, 6) is -1.74. The molecule has 6 heteroatoms. The molecule has 0 aromatic heterocycles. The molecule has 130 valence electrons. The maximum Gasteiger partial charge on any atom is 0.239 e. The summed E-state index contributed by atoms with van der Waals surface area (Å²) in [5, 5.41) is 3.26. The number of hydrogen-bond donors (Lipinski definition) is 1. The molecule has 0 aliphatic carbocycles. The molecular weight excluding hydrogens is 343 g/mol. The summed E-state index contributed by atoms with van der Waals surface area (Å²) >= 11 is 5.95. The van der Waals surface area contributed by atoms with Crippen LogP contribution >= 0.6 is 11.6 Å². The first-order valence-corrected chi connectivity index (χ1v) is 8.44. The number of anilines is 1. The number of hydrogen-bond acceptors (Lipinski definition) is 2. The molecule has 1 aliphatic heterocycles. The Hall–Kier alpha value is -2.40. The van der Waals surface area contributed by atoms with E-state index >= 15 is 0 Å². The first-order chi connectivity index (χ1) is 12.0. The number of nitrogens with one attached hydrogen (secondary N) is 1. The largest absolute Gasteiger partial charge is 0.351 e. The van der Waals surface area contributed by atoms with Crippen molar-refractivity contribution in [1.82, 2.24) is 5.32 Å². The predicted molar refractivity (Wildman–Crippen MR) is 94.9 cm³/mol. The third-order valence-electron chi connectivity index (χ3n) is 4.38. The minimum atomic E-state index is -0.748. The summed E-state index contributed by atoms with van der Waals surface area (Å²) in [6.45, 7) is 2.41. The highest BCUT2D eigenvalue weighted by atomic mass is 35.5. The van der Waals surface area contributed by atoms with Crippen LogP contribution in [0.5, 0.6) is 0 Å². The van der Waals surface area contributed by atoms with E-state index in [2.05, 4.69) is 5.32 Å². The quantitative estimate of drug-likeness (QED) is 0.849. The highest BCUT2D eigenvalue weighted by Crippen LogP contribution is 2.29. The van der Waals surface area contributed by atoms with Crippen LogP contribution in [0.25, 0.3) is 0 Å². The van der Waals surface area contributed by atoms with Crippen LogP contribution in [0.1, 0.15) is 17.5 Å². The highest BCUT2D eigenvalue weighted by Gasteiger charge is 2.37. The lowest BCUT2D eigenvalue weighted by Crippen LogP contribution is -2.36. The van der Waals surface area contributed by atoms with Crippen LogP contribution in [0, 0.1) is 18.7 Å². The van der Waals surface area contributed by atoms with E-state index < -0.39 is 5.92 Å². The van der Waals surface area contributed by atoms with Gasteiger partial charge in [0.25, 0.3) is 0 Å². The van der Waals surface area contributed by atoms with Gasteiger partial charge in [-0.1, -0.05) is 29.8 Å². The molecule has 1 heterocycles. The van der Waals surface area contributed by atoms with Gasteiger partial charge in [-0.3, -0.25) is 9.59 Å². The lowest BCUT2D eigenvalue weighted by Gasteiger charge is -2.19. The second-order valence-electron chi connectivity index (χ2n) is 6.07. The Labute approximate surface area is 150 Å². The average Bonchev–Trinajstić information content (AvgIpc) is 2.95. The van der Waals surface area contributed by atoms with Crippen molar-refractivity contribution in [3.05, 3.63) is 64.4 Å². The van der Waals surface area contributed by atoms with Gasteiger partial charge in [-0.2, -0.15) is 0 Å². The first kappa shape index (κ1) is 17.4. The number of amides is 2. The van der Waals surface area contributed by atoms with Gasteiger partial charge >= 0.3 is 0 Å². The molecule has 3 rings (SSSR count). The van der Waals surface area contributed by atoms with Crippen molar-refractivity contribution in [3.63, 3.8) is 0 Å². The van der Waals surface area contributed by atoms with E-state index in [0.717, 1.165) is 11.3 Å². The summed E-state index contributed by atoms with van der Waals surface area (Å²) in [7, 11) is 0. The fourth-order valence-corrected chi connectivity index (χ4v) is 3.26. The monoisotopic (exact) mass is 360 g/mol. The SMILES string of the molecule is Cc1cc(Cl)ccc1N1CC[C@@H](C(=O)NCc2ccccc2F)C1=O. The van der Waals surface area contributed by atoms with E-state index in [1.807, 2.05) is 6.92 Å². The number of halogens is 2. The van der Waals surface area contributed by atoms with Gasteiger partial charge in [0.2, 0.25) is 11.8 Å². The van der Waals surface area contributed by atoms with E-state index in [-0.39, 0.29) is 24.2 Å². The first-order valence-electron chi connectivity index (χ1n) is 8.06. The minimum absolute atomic E-state index is 0.0647. The highest BCUT2D eigenvalue weighted by molar-refractivity contribution is 6.30. The van der Waals surface area contributed by atoms with Crippen LogP contribution in [0.3, 0.4) is 0 Å². The van der Waals surface area contributed by atoms with Crippen LogP contribution in [-0.2, 0) is 16.1 Å². The van der Waals surface area contributed by atoms with Crippen LogP contribution in [-0.4, -0.2) is 18.4 Å². The summed E-state index contributed by atoms with van der Waals surface area (Å²) in [5.41, 5.74) is 2.04. The van der Waals surface area contributed by atoms with Crippen LogP contribution < -0.4 is 10.2 Å². The predicted octanol–water partition coefficient (Wildman–Crippen LogP) is 3.46. The molecular formula is C19H18ClFN2O2. The third kappa shape index (κ3) is 3.66. The van der Waals surface area contributed by atoms with Crippen molar-refractivity contribution in [3.8, 4) is 0 Å². The van der Waals surface area contributed by atoms with Crippen molar-refractivity contribution >= 4 is 29.1 Å². The molecule has 2 aromatic rings. The Morgan fingerprint density at radius 1 is 1.32 bits per heavy atom. The van der Waals surface area contributed by atoms with Gasteiger partial charge in [0.05, 0.1) is 0 Å². The summed E-state index contributed by atoms with van der Waals surface area (Å²) < 4.78 is 13.6. The molecule has 0 radical (unpaired) electrons. The Morgan fingerprint density at radius 3 is 2.80 bits per heavy atom. The van der Waals surface area contributed by atoms with E-state index in [4.69, 9.17) is 11.6 Å². The van der Waals surface area contributed by atoms with Crippen LogP contribution in [0.15, 0.2) is 42.5 Å². The van der Waals surface area contributed by atoms with Gasteiger partial charge in [-0.05, 0) is 43.2 Å². The second-order valence-corrected chi connectivity index (χ2v) is 6.51. The molecule has 0 unspecified atom stereocenters. The maximum atomic E-state index is 13.6. The Bertz CT molecular complexity index is 825. The van der Waals surface area contributed by atoms with E-state index in [1.165, 1.54) is 6.07 Å². The molecule has 1 atom stereocenters. The zero-order valence-corrected chi connectivity index (χ0v) is 14.5. The molecule has 1 N–H and O–H groups in total. The lowest BCUT2D eigenvalue weighted by molar-refractivity contribution is -0.132. The van der Waals surface area contributed by atoms with Gasteiger partial charge in [0.15, 0.2) is 0 Å². The molecule has 2 amide bonds. The molecule has 0 bridgehead atoms. The third-order valence-corrected chi connectivity index (χ3v) is 4.62. The van der Waals surface area contributed by atoms with Gasteiger partial charge in [0.1, 0.15) is 11.7 Å². The summed E-state index contributed by atoms with van der Waals surface area (Å²) in [4.78, 5) is 26.6. The van der Waals surface area contributed by atoms with E-state index in [1.54, 1.807) is 41.3 Å². The smallest absolute Gasteiger partial charge is 0.239 e. The van der Waals surface area contributed by atoms with Crippen molar-refractivity contribution in [2.75, 3.05) is 11.4 Å². The minimum Gasteiger partial charge on any atom is -0.351 e. The van der Waals surface area contributed by atoms with Crippen LogP contribution in [0.2, 0.25) is 5.02 Å². The second kappa shape index (κ2) is 7.23. The molecule has 4 nitrogen and oxygen atoms in total. The Kier molecular flexibility index (Phi) is 5.04. The lowest BCUT2D eigenvalue weighted by atomic mass is 10.1. The summed E-state index contributed by atoms with van der Waals surface area (Å²) in [6, 6.07) is 11.5. The topological polar surface area (TPSA) is 49.4 Å². The van der Waals surface area contributed by atoms with Gasteiger partial charge in [-0.25, -0.2) is 4.39 Å². The molecule has 1 aliphatic rings. The number of nitrogens with zero attached hydrogens (tertiary/aromatic N) is 1. The molecule has 0 spiro atoms. The zero-order valence-electron chi connectivity index (χ0n) is 13.8. The van der Waals surface area contributed by atoms with Crippen molar-refractivity contribution in [2.45, 2.75) is 19.9 Å². The number of rotatable bonds is 4. The Morgan fingerprint density at radius 2 is 2.08 bits per heavy atom. The molecule has 0 saturated carbocycles. The maximum absolute atomic E-state index is 13.6. The molecule has 2 aromatic carbocycles. The van der Waals surface area contributed by atoms with Gasteiger partial charge in [-0.15, -0.1) is 0 Å². The Balaban J connectivity index is 1.67. The zero-order chi connectivity index (χ0) is 18.0. The number of benzene rings is 2. The molecule has 25 heavy (non-hydrogen) atoms. The average molecular weight is 361 g/mol. The van der Waals surface area contributed by atoms with Crippen molar-refractivity contribution in [2.24, 2.45) is 5.92 Å². The normalized spacial score (nSPS) is 17.0. The number of aryl methyl sites for hydroxylation is 1. The van der Waals surface area contributed by atoms with Gasteiger partial charge < -0.3 is 10.2 Å². The fourth-order valence-electron chi connectivity index (χ4n) is 3.03. The molecule has 1 saturated heterocycles. The summed E-state index contributed by atoms with van der Waals surface area (Å²) in [6.07, 6.45) is 0.435. The molecule has 1 fully saturated rings.